The van der Waals surface area contributed by atoms with Crippen LogP contribution in [0.15, 0.2) is 0 Å². The topological polar surface area (TPSA) is 51.8 Å². The highest BCUT2D eigenvalue weighted by Gasteiger charge is 2.11. The Kier molecular flexibility index (Phi) is 3.81. The SMILES string of the molecule is CCc1nnc(C[C@H](N)C(C)C)s1. The van der Waals surface area contributed by atoms with Gasteiger partial charge >= 0.3 is 0 Å². The summed E-state index contributed by atoms with van der Waals surface area (Å²) in [5.74, 6) is 0.508. The Morgan fingerprint density at radius 1 is 1.31 bits per heavy atom. The fourth-order valence-electron chi connectivity index (χ4n) is 0.951. The van der Waals surface area contributed by atoms with Crippen molar-refractivity contribution in [3.05, 3.63) is 10.0 Å². The average Bonchev–Trinajstić information content (AvgIpc) is 2.52. The largest absolute Gasteiger partial charge is 0.327 e. The molecule has 1 aromatic heterocycles. The summed E-state index contributed by atoms with van der Waals surface area (Å²) in [4.78, 5) is 0. The third-order valence-corrected chi connectivity index (χ3v) is 3.17. The van der Waals surface area contributed by atoms with Gasteiger partial charge in [-0.3, -0.25) is 0 Å². The van der Waals surface area contributed by atoms with Gasteiger partial charge in [-0.25, -0.2) is 0 Å². The van der Waals surface area contributed by atoms with Crippen LogP contribution in [0.5, 0.6) is 0 Å². The zero-order chi connectivity index (χ0) is 9.84. The van der Waals surface area contributed by atoms with Crippen molar-refractivity contribution in [2.75, 3.05) is 0 Å². The number of aryl methyl sites for hydroxylation is 1. The highest BCUT2D eigenvalue weighted by atomic mass is 32.1. The van der Waals surface area contributed by atoms with Gasteiger partial charge in [-0.1, -0.05) is 20.8 Å². The van der Waals surface area contributed by atoms with Crippen molar-refractivity contribution >= 4 is 11.3 Å². The number of aromatic nitrogens is 2. The molecule has 1 heterocycles. The molecule has 0 saturated heterocycles. The lowest BCUT2D eigenvalue weighted by Crippen LogP contribution is -2.28. The molecule has 0 bridgehead atoms. The van der Waals surface area contributed by atoms with Crippen molar-refractivity contribution in [2.45, 2.75) is 39.7 Å². The van der Waals surface area contributed by atoms with Gasteiger partial charge in [0.15, 0.2) is 0 Å². The number of hydrogen-bond donors (Lipinski definition) is 1. The van der Waals surface area contributed by atoms with Gasteiger partial charge in [0.05, 0.1) is 0 Å². The highest BCUT2D eigenvalue weighted by Crippen LogP contribution is 2.13. The molecule has 0 aromatic carbocycles. The summed E-state index contributed by atoms with van der Waals surface area (Å²) in [6, 6.07) is 0.206. The number of nitrogens with zero attached hydrogens (tertiary/aromatic N) is 2. The fraction of sp³-hybridized carbons (Fsp3) is 0.778. The maximum atomic E-state index is 5.94. The molecule has 1 rings (SSSR count). The van der Waals surface area contributed by atoms with Crippen molar-refractivity contribution in [2.24, 2.45) is 11.7 Å². The minimum absolute atomic E-state index is 0.206. The highest BCUT2D eigenvalue weighted by molar-refractivity contribution is 7.11. The maximum absolute atomic E-state index is 5.94. The first-order chi connectivity index (χ1) is 6.13. The van der Waals surface area contributed by atoms with Crippen LogP contribution < -0.4 is 5.73 Å². The lowest BCUT2D eigenvalue weighted by molar-refractivity contribution is 0.488. The van der Waals surface area contributed by atoms with Crippen LogP contribution in [-0.2, 0) is 12.8 Å². The molecule has 0 spiro atoms. The van der Waals surface area contributed by atoms with E-state index in [2.05, 4.69) is 31.0 Å². The van der Waals surface area contributed by atoms with Crippen LogP contribution in [0.1, 0.15) is 30.8 Å². The Morgan fingerprint density at radius 2 is 1.92 bits per heavy atom. The summed E-state index contributed by atoms with van der Waals surface area (Å²) in [6.07, 6.45) is 1.82. The molecule has 2 N–H and O–H groups in total. The summed E-state index contributed by atoms with van der Waals surface area (Å²) < 4.78 is 0. The van der Waals surface area contributed by atoms with Crippen molar-refractivity contribution in [1.82, 2.24) is 10.2 Å². The normalized spacial score (nSPS) is 13.6. The molecule has 0 saturated carbocycles. The van der Waals surface area contributed by atoms with Crippen LogP contribution in [0.25, 0.3) is 0 Å². The molecule has 0 fully saturated rings. The summed E-state index contributed by atoms with van der Waals surface area (Å²) >= 11 is 1.68. The lowest BCUT2D eigenvalue weighted by Gasteiger charge is -2.12. The predicted molar refractivity (Wildman–Crippen MR) is 55.8 cm³/mol. The van der Waals surface area contributed by atoms with Crippen molar-refractivity contribution < 1.29 is 0 Å². The van der Waals surface area contributed by atoms with Gasteiger partial charge in [-0.2, -0.15) is 0 Å². The first-order valence-corrected chi connectivity index (χ1v) is 5.52. The van der Waals surface area contributed by atoms with Gasteiger partial charge in [-0.05, 0) is 12.3 Å². The molecule has 0 radical (unpaired) electrons. The van der Waals surface area contributed by atoms with E-state index in [1.54, 1.807) is 11.3 Å². The number of nitrogens with two attached hydrogens (primary N) is 1. The Bertz CT molecular complexity index is 257. The van der Waals surface area contributed by atoms with Crippen LogP contribution in [0.4, 0.5) is 0 Å². The Labute approximate surface area is 83.4 Å². The smallest absolute Gasteiger partial charge is 0.119 e. The standard InChI is InChI=1S/C9H17N3S/c1-4-8-11-12-9(13-8)5-7(10)6(2)3/h6-7H,4-5,10H2,1-3H3/t7-/m0/s1. The first kappa shape index (κ1) is 10.6. The molecule has 3 nitrogen and oxygen atoms in total. The second-order valence-electron chi connectivity index (χ2n) is 3.56. The van der Waals surface area contributed by atoms with Crippen molar-refractivity contribution in [3.8, 4) is 0 Å². The Balaban J connectivity index is 2.53. The van der Waals surface area contributed by atoms with E-state index in [1.165, 1.54) is 0 Å². The van der Waals surface area contributed by atoms with Gasteiger partial charge in [0.2, 0.25) is 0 Å². The molecular weight excluding hydrogens is 182 g/mol. The molecule has 74 valence electrons. The average molecular weight is 199 g/mol. The molecule has 0 amide bonds. The molecule has 4 heteroatoms. The van der Waals surface area contributed by atoms with Gasteiger partial charge in [0, 0.05) is 12.5 Å². The number of hydrogen-bond acceptors (Lipinski definition) is 4. The minimum atomic E-state index is 0.206. The van der Waals surface area contributed by atoms with E-state index in [9.17, 15) is 0 Å². The van der Waals surface area contributed by atoms with E-state index < -0.39 is 0 Å². The second kappa shape index (κ2) is 4.67. The van der Waals surface area contributed by atoms with E-state index >= 15 is 0 Å². The fourth-order valence-corrected chi connectivity index (χ4v) is 1.81. The van der Waals surface area contributed by atoms with E-state index in [0.29, 0.717) is 5.92 Å². The van der Waals surface area contributed by atoms with Crippen LogP contribution >= 0.6 is 11.3 Å². The van der Waals surface area contributed by atoms with E-state index in [4.69, 9.17) is 5.73 Å². The number of rotatable bonds is 4. The van der Waals surface area contributed by atoms with Gasteiger partial charge < -0.3 is 5.73 Å². The first-order valence-electron chi connectivity index (χ1n) is 4.70. The molecule has 13 heavy (non-hydrogen) atoms. The quantitative estimate of drug-likeness (QED) is 0.801. The van der Waals surface area contributed by atoms with Crippen molar-refractivity contribution in [1.29, 1.82) is 0 Å². The monoisotopic (exact) mass is 199 g/mol. The van der Waals surface area contributed by atoms with E-state index in [0.717, 1.165) is 22.9 Å². The van der Waals surface area contributed by atoms with Gasteiger partial charge in [0.25, 0.3) is 0 Å². The summed E-state index contributed by atoms with van der Waals surface area (Å²) in [5.41, 5.74) is 5.94. The molecule has 1 aromatic rings. The zero-order valence-corrected chi connectivity index (χ0v) is 9.27. The summed E-state index contributed by atoms with van der Waals surface area (Å²) in [6.45, 7) is 6.35. The molecular formula is C9H17N3S. The van der Waals surface area contributed by atoms with Crippen LogP contribution in [0, 0.1) is 5.92 Å². The molecule has 0 unspecified atom stereocenters. The molecule has 1 atom stereocenters. The maximum Gasteiger partial charge on any atom is 0.119 e. The second-order valence-corrected chi connectivity index (χ2v) is 4.70. The Hall–Kier alpha value is -0.480. The van der Waals surface area contributed by atoms with Gasteiger partial charge in [0.1, 0.15) is 10.0 Å². The molecule has 0 aliphatic rings. The zero-order valence-electron chi connectivity index (χ0n) is 8.45. The van der Waals surface area contributed by atoms with E-state index in [1.807, 2.05) is 0 Å². The summed E-state index contributed by atoms with van der Waals surface area (Å²) in [5, 5.41) is 10.3. The minimum Gasteiger partial charge on any atom is -0.327 e. The predicted octanol–water partition coefficient (Wildman–Crippen LogP) is 1.63. The molecule has 0 aliphatic heterocycles. The van der Waals surface area contributed by atoms with E-state index in [-0.39, 0.29) is 6.04 Å². The lowest BCUT2D eigenvalue weighted by atomic mass is 10.0. The van der Waals surface area contributed by atoms with Crippen LogP contribution in [-0.4, -0.2) is 16.2 Å². The van der Waals surface area contributed by atoms with Crippen LogP contribution in [0.3, 0.4) is 0 Å². The third kappa shape index (κ3) is 3.04. The Morgan fingerprint density at radius 3 is 2.38 bits per heavy atom. The third-order valence-electron chi connectivity index (χ3n) is 2.08. The van der Waals surface area contributed by atoms with Crippen molar-refractivity contribution in [3.63, 3.8) is 0 Å². The molecule has 0 aliphatic carbocycles. The van der Waals surface area contributed by atoms with Crippen LogP contribution in [0.2, 0.25) is 0 Å². The van der Waals surface area contributed by atoms with Gasteiger partial charge in [-0.15, -0.1) is 21.5 Å². The summed E-state index contributed by atoms with van der Waals surface area (Å²) in [7, 11) is 0.